The number of ether oxygens (including phenoxy) is 1. The van der Waals surface area contributed by atoms with E-state index in [1.165, 1.54) is 25.3 Å². The number of aromatic nitrogens is 3. The van der Waals surface area contributed by atoms with E-state index in [1.54, 1.807) is 10.9 Å². The molecule has 0 aliphatic carbocycles. The van der Waals surface area contributed by atoms with Gasteiger partial charge in [-0.15, -0.1) is 10.2 Å². The number of hydrogen-bond donors (Lipinski definition) is 1. The van der Waals surface area contributed by atoms with Gasteiger partial charge in [-0.1, -0.05) is 11.6 Å². The van der Waals surface area contributed by atoms with Gasteiger partial charge < -0.3 is 9.30 Å². The van der Waals surface area contributed by atoms with Gasteiger partial charge in [-0.2, -0.15) is 0 Å². The predicted octanol–water partition coefficient (Wildman–Crippen LogP) is 1.44. The number of rotatable bonds is 6. The number of nitrogens with zero attached hydrogens (tertiary/aromatic N) is 3. The molecule has 0 amide bonds. The molecule has 21 heavy (non-hydrogen) atoms. The van der Waals surface area contributed by atoms with Gasteiger partial charge in [0.05, 0.1) is 23.6 Å². The molecule has 1 aromatic carbocycles. The van der Waals surface area contributed by atoms with Crippen LogP contribution in [0.2, 0.25) is 5.02 Å². The average Bonchev–Trinajstić information content (AvgIpc) is 2.92. The van der Waals surface area contributed by atoms with Crippen LogP contribution in [0.4, 0.5) is 0 Å². The molecule has 2 rings (SSSR count). The minimum Gasteiger partial charge on any atom is -0.495 e. The zero-order valence-corrected chi connectivity index (χ0v) is 13.1. The lowest BCUT2D eigenvalue weighted by atomic mass is 10.3. The van der Waals surface area contributed by atoms with Crippen LogP contribution < -0.4 is 9.46 Å². The first-order valence-electron chi connectivity index (χ1n) is 6.18. The van der Waals surface area contributed by atoms with Gasteiger partial charge in [-0.05, 0) is 25.1 Å². The van der Waals surface area contributed by atoms with E-state index in [-0.39, 0.29) is 16.5 Å². The highest BCUT2D eigenvalue weighted by molar-refractivity contribution is 7.89. The van der Waals surface area contributed by atoms with E-state index in [4.69, 9.17) is 16.3 Å². The Bertz CT molecular complexity index is 730. The van der Waals surface area contributed by atoms with E-state index in [0.29, 0.717) is 18.1 Å². The molecule has 0 saturated heterocycles. The summed E-state index contributed by atoms with van der Waals surface area (Å²) in [5, 5.41) is 7.85. The van der Waals surface area contributed by atoms with Gasteiger partial charge in [0.25, 0.3) is 0 Å². The molecule has 0 fully saturated rings. The molecule has 0 radical (unpaired) electrons. The molecule has 0 atom stereocenters. The van der Waals surface area contributed by atoms with Gasteiger partial charge in [-0.25, -0.2) is 13.1 Å². The second-order valence-corrected chi connectivity index (χ2v) is 6.33. The maximum Gasteiger partial charge on any atom is 0.241 e. The molecule has 0 spiro atoms. The highest BCUT2D eigenvalue weighted by Gasteiger charge is 2.17. The molecule has 1 heterocycles. The summed E-state index contributed by atoms with van der Waals surface area (Å²) in [5.41, 5.74) is 0. The first kappa shape index (κ1) is 15.7. The number of halogens is 1. The zero-order valence-electron chi connectivity index (χ0n) is 11.6. The number of benzene rings is 1. The summed E-state index contributed by atoms with van der Waals surface area (Å²) in [4.78, 5) is 0.0656. The van der Waals surface area contributed by atoms with Gasteiger partial charge in [0.1, 0.15) is 17.9 Å². The molecule has 9 heteroatoms. The molecule has 7 nitrogen and oxygen atoms in total. The Morgan fingerprint density at radius 3 is 2.81 bits per heavy atom. The normalized spacial score (nSPS) is 11.6. The summed E-state index contributed by atoms with van der Waals surface area (Å²) in [6.45, 7) is 2.64. The Morgan fingerprint density at radius 2 is 2.19 bits per heavy atom. The van der Waals surface area contributed by atoms with Crippen molar-refractivity contribution in [2.24, 2.45) is 0 Å². The van der Waals surface area contributed by atoms with Gasteiger partial charge in [0, 0.05) is 6.54 Å². The Labute approximate surface area is 128 Å². The van der Waals surface area contributed by atoms with Crippen molar-refractivity contribution in [1.29, 1.82) is 0 Å². The van der Waals surface area contributed by atoms with Crippen LogP contribution in [0, 0.1) is 0 Å². The fourth-order valence-electron chi connectivity index (χ4n) is 1.74. The van der Waals surface area contributed by atoms with Gasteiger partial charge >= 0.3 is 0 Å². The Kier molecular flexibility index (Phi) is 4.81. The number of hydrogen-bond acceptors (Lipinski definition) is 5. The Balaban J connectivity index is 2.17. The molecule has 0 aliphatic rings. The fourth-order valence-corrected chi connectivity index (χ4v) is 3.07. The van der Waals surface area contributed by atoms with Crippen molar-refractivity contribution in [2.45, 2.75) is 24.9 Å². The van der Waals surface area contributed by atoms with Crippen molar-refractivity contribution in [3.8, 4) is 5.75 Å². The highest BCUT2D eigenvalue weighted by Crippen LogP contribution is 2.26. The molecule has 1 N–H and O–H groups in total. The van der Waals surface area contributed by atoms with E-state index in [9.17, 15) is 8.42 Å². The summed E-state index contributed by atoms with van der Waals surface area (Å²) in [5.74, 6) is 0.960. The molecule has 0 aliphatic heterocycles. The van der Waals surface area contributed by atoms with E-state index in [2.05, 4.69) is 14.9 Å². The lowest BCUT2D eigenvalue weighted by Crippen LogP contribution is -2.25. The zero-order chi connectivity index (χ0) is 15.5. The first-order valence-corrected chi connectivity index (χ1v) is 8.04. The van der Waals surface area contributed by atoms with E-state index in [1.807, 2.05) is 6.92 Å². The Hall–Kier alpha value is -1.64. The lowest BCUT2D eigenvalue weighted by molar-refractivity contribution is 0.414. The smallest absolute Gasteiger partial charge is 0.241 e. The monoisotopic (exact) mass is 330 g/mol. The first-order chi connectivity index (χ1) is 9.97. The van der Waals surface area contributed by atoms with E-state index >= 15 is 0 Å². The maximum atomic E-state index is 12.2. The minimum absolute atomic E-state index is 0.0554. The SMILES string of the molecule is CCn1cnnc1CNS(=O)(=O)c1ccc(OC)c(Cl)c1. The molecule has 1 aromatic heterocycles. The van der Waals surface area contributed by atoms with Crippen LogP contribution in [0.1, 0.15) is 12.7 Å². The van der Waals surface area contributed by atoms with E-state index in [0.717, 1.165) is 0 Å². The van der Waals surface area contributed by atoms with Crippen molar-refractivity contribution in [3.63, 3.8) is 0 Å². The highest BCUT2D eigenvalue weighted by atomic mass is 35.5. The maximum absolute atomic E-state index is 12.2. The average molecular weight is 331 g/mol. The third kappa shape index (κ3) is 3.52. The third-order valence-electron chi connectivity index (χ3n) is 2.89. The molecule has 0 unspecified atom stereocenters. The lowest BCUT2D eigenvalue weighted by Gasteiger charge is -2.09. The van der Waals surface area contributed by atoms with Crippen molar-refractivity contribution < 1.29 is 13.2 Å². The second kappa shape index (κ2) is 6.42. The Morgan fingerprint density at radius 1 is 1.43 bits per heavy atom. The quantitative estimate of drug-likeness (QED) is 0.866. The van der Waals surface area contributed by atoms with Crippen molar-refractivity contribution >= 4 is 21.6 Å². The van der Waals surface area contributed by atoms with Crippen LogP contribution in [0.3, 0.4) is 0 Å². The van der Waals surface area contributed by atoms with Crippen LogP contribution in [0.5, 0.6) is 5.75 Å². The molecule has 2 aromatic rings. The second-order valence-electron chi connectivity index (χ2n) is 4.15. The summed E-state index contributed by atoms with van der Waals surface area (Å²) < 4.78 is 33.6. The summed E-state index contributed by atoms with van der Waals surface area (Å²) in [6, 6.07) is 4.27. The molecular formula is C12H15ClN4O3S. The number of aryl methyl sites for hydroxylation is 1. The van der Waals surface area contributed by atoms with Gasteiger partial charge in [-0.3, -0.25) is 0 Å². The van der Waals surface area contributed by atoms with Crippen molar-refractivity contribution in [1.82, 2.24) is 19.5 Å². The molecular weight excluding hydrogens is 316 g/mol. The largest absolute Gasteiger partial charge is 0.495 e. The number of sulfonamides is 1. The minimum atomic E-state index is -3.68. The topological polar surface area (TPSA) is 86.1 Å². The summed E-state index contributed by atoms with van der Waals surface area (Å²) in [6.07, 6.45) is 1.55. The van der Waals surface area contributed by atoms with Crippen LogP contribution in [0.15, 0.2) is 29.4 Å². The fraction of sp³-hybridized carbons (Fsp3) is 0.333. The van der Waals surface area contributed by atoms with Gasteiger partial charge in [0.2, 0.25) is 10.0 Å². The number of methoxy groups -OCH3 is 1. The molecule has 0 bridgehead atoms. The van der Waals surface area contributed by atoms with Crippen LogP contribution in [-0.4, -0.2) is 30.3 Å². The van der Waals surface area contributed by atoms with Crippen molar-refractivity contribution in [2.75, 3.05) is 7.11 Å². The molecule has 0 saturated carbocycles. The summed E-state index contributed by atoms with van der Waals surface area (Å²) in [7, 11) is -2.22. The van der Waals surface area contributed by atoms with E-state index < -0.39 is 10.0 Å². The van der Waals surface area contributed by atoms with Crippen LogP contribution >= 0.6 is 11.6 Å². The van der Waals surface area contributed by atoms with Crippen LogP contribution in [0.25, 0.3) is 0 Å². The van der Waals surface area contributed by atoms with Gasteiger partial charge in [0.15, 0.2) is 0 Å². The van der Waals surface area contributed by atoms with Crippen LogP contribution in [-0.2, 0) is 23.1 Å². The number of nitrogens with one attached hydrogen (secondary N) is 1. The summed E-state index contributed by atoms with van der Waals surface area (Å²) >= 11 is 5.94. The standard InChI is InChI=1S/C12H15ClN4O3S/c1-3-17-8-14-16-12(17)7-15-21(18,19)9-4-5-11(20-2)10(13)6-9/h4-6,8,15H,3,7H2,1-2H3. The third-order valence-corrected chi connectivity index (χ3v) is 4.58. The molecule has 114 valence electrons. The predicted molar refractivity (Wildman–Crippen MR) is 77.7 cm³/mol. The van der Waals surface area contributed by atoms with Crippen molar-refractivity contribution in [3.05, 3.63) is 35.4 Å².